The number of nitro benzene ring substituents is 1. The molecule has 20 heavy (non-hydrogen) atoms. The first-order valence-electron chi connectivity index (χ1n) is 5.68. The number of anilines is 1. The Bertz CT molecular complexity index is 722. The topological polar surface area (TPSA) is 93.4 Å². The van der Waals surface area contributed by atoms with E-state index in [1.165, 1.54) is 42.6 Å². The molecule has 0 atom stereocenters. The van der Waals surface area contributed by atoms with Gasteiger partial charge in [-0.15, -0.1) is 0 Å². The first kappa shape index (κ1) is 12.0. The second-order valence-electron chi connectivity index (χ2n) is 4.09. The third-order valence-corrected chi connectivity index (χ3v) is 2.97. The number of aromatic nitrogens is 1. The highest BCUT2D eigenvalue weighted by atomic mass is 16.6. The van der Waals surface area contributed by atoms with Crippen molar-refractivity contribution >= 4 is 23.2 Å². The molecular formula is C13H7N3O4. The van der Waals surface area contributed by atoms with E-state index in [4.69, 9.17) is 0 Å². The zero-order chi connectivity index (χ0) is 14.3. The van der Waals surface area contributed by atoms with Gasteiger partial charge in [0.2, 0.25) is 0 Å². The Morgan fingerprint density at radius 1 is 1.05 bits per heavy atom. The molecule has 0 saturated heterocycles. The molecule has 98 valence electrons. The van der Waals surface area contributed by atoms with Gasteiger partial charge in [0.25, 0.3) is 17.5 Å². The van der Waals surface area contributed by atoms with Crippen LogP contribution in [0, 0.1) is 10.1 Å². The van der Waals surface area contributed by atoms with Gasteiger partial charge in [0.15, 0.2) is 0 Å². The Labute approximate surface area is 112 Å². The molecule has 2 amide bonds. The summed E-state index contributed by atoms with van der Waals surface area (Å²) in [5.41, 5.74) is -0.196. The summed E-state index contributed by atoms with van der Waals surface area (Å²) in [7, 11) is 0. The van der Waals surface area contributed by atoms with Crippen molar-refractivity contribution in [2.45, 2.75) is 0 Å². The van der Waals surface area contributed by atoms with Crippen molar-refractivity contribution in [2.24, 2.45) is 0 Å². The van der Waals surface area contributed by atoms with Crippen LogP contribution >= 0.6 is 0 Å². The maximum atomic E-state index is 12.2. The lowest BCUT2D eigenvalue weighted by Gasteiger charge is -2.13. The van der Waals surface area contributed by atoms with Crippen molar-refractivity contribution in [1.29, 1.82) is 0 Å². The van der Waals surface area contributed by atoms with Crippen LogP contribution in [0.25, 0.3) is 0 Å². The van der Waals surface area contributed by atoms with Crippen LogP contribution in [0.1, 0.15) is 20.8 Å². The van der Waals surface area contributed by atoms with Crippen LogP contribution in [-0.4, -0.2) is 21.7 Å². The van der Waals surface area contributed by atoms with Gasteiger partial charge in [0.05, 0.1) is 10.5 Å². The van der Waals surface area contributed by atoms with Crippen LogP contribution in [0.2, 0.25) is 0 Å². The van der Waals surface area contributed by atoms with Gasteiger partial charge in [0, 0.05) is 12.3 Å². The molecule has 1 aromatic heterocycles. The van der Waals surface area contributed by atoms with E-state index in [9.17, 15) is 19.7 Å². The number of hydrogen-bond acceptors (Lipinski definition) is 5. The fourth-order valence-corrected chi connectivity index (χ4v) is 2.09. The zero-order valence-corrected chi connectivity index (χ0v) is 10.0. The number of imide groups is 1. The number of rotatable bonds is 2. The third kappa shape index (κ3) is 1.57. The van der Waals surface area contributed by atoms with E-state index in [0.717, 1.165) is 4.90 Å². The van der Waals surface area contributed by atoms with Gasteiger partial charge in [-0.05, 0) is 18.2 Å². The van der Waals surface area contributed by atoms with Crippen molar-refractivity contribution in [2.75, 3.05) is 4.90 Å². The second-order valence-corrected chi connectivity index (χ2v) is 4.09. The maximum absolute atomic E-state index is 12.2. The first-order chi connectivity index (χ1) is 9.61. The van der Waals surface area contributed by atoms with E-state index in [-0.39, 0.29) is 22.6 Å². The molecule has 7 nitrogen and oxygen atoms in total. The molecule has 0 bridgehead atoms. The number of pyridine rings is 1. The summed E-state index contributed by atoms with van der Waals surface area (Å²) < 4.78 is 0. The van der Waals surface area contributed by atoms with E-state index in [0.29, 0.717) is 0 Å². The number of amides is 2. The van der Waals surface area contributed by atoms with Crippen LogP contribution in [0.4, 0.5) is 11.4 Å². The largest absolute Gasteiger partial charge is 0.293 e. The fourth-order valence-electron chi connectivity index (χ4n) is 2.09. The fraction of sp³-hybridized carbons (Fsp3) is 0. The second kappa shape index (κ2) is 4.23. The summed E-state index contributed by atoms with van der Waals surface area (Å²) in [6.45, 7) is 0. The van der Waals surface area contributed by atoms with Crippen LogP contribution in [-0.2, 0) is 0 Å². The predicted octanol–water partition coefficient (Wildman–Crippen LogP) is 1.79. The molecule has 2 aromatic rings. The van der Waals surface area contributed by atoms with E-state index >= 15 is 0 Å². The third-order valence-electron chi connectivity index (χ3n) is 2.97. The average molecular weight is 269 g/mol. The molecule has 0 saturated carbocycles. The molecular weight excluding hydrogens is 262 g/mol. The normalized spacial score (nSPS) is 13.5. The number of nitrogens with zero attached hydrogens (tertiary/aromatic N) is 3. The number of carbonyl (C=O) groups is 2. The maximum Gasteiger partial charge on any atom is 0.293 e. The Kier molecular flexibility index (Phi) is 2.53. The quantitative estimate of drug-likeness (QED) is 0.470. The van der Waals surface area contributed by atoms with E-state index in [1.54, 1.807) is 0 Å². The Morgan fingerprint density at radius 2 is 1.80 bits per heavy atom. The summed E-state index contributed by atoms with van der Waals surface area (Å²) in [5, 5.41) is 11.0. The molecule has 0 fully saturated rings. The lowest BCUT2D eigenvalue weighted by molar-refractivity contribution is -0.384. The van der Waals surface area contributed by atoms with Crippen molar-refractivity contribution in [3.8, 4) is 0 Å². The summed E-state index contributed by atoms with van der Waals surface area (Å²) in [4.78, 5) is 39.4. The molecule has 0 aliphatic carbocycles. The van der Waals surface area contributed by atoms with Crippen molar-refractivity contribution in [1.82, 2.24) is 4.98 Å². The molecule has 1 aliphatic rings. The molecule has 0 radical (unpaired) electrons. The minimum atomic E-state index is -0.653. The van der Waals surface area contributed by atoms with E-state index in [1.807, 2.05) is 0 Å². The molecule has 3 rings (SSSR count). The average Bonchev–Trinajstić information content (AvgIpc) is 2.71. The van der Waals surface area contributed by atoms with Crippen LogP contribution < -0.4 is 4.90 Å². The number of nitro groups is 1. The lowest BCUT2D eigenvalue weighted by Crippen LogP contribution is -2.30. The van der Waals surface area contributed by atoms with Gasteiger partial charge in [-0.1, -0.05) is 12.1 Å². The number of fused-ring (bicyclic) bond motifs is 1. The highest BCUT2D eigenvalue weighted by molar-refractivity contribution is 6.34. The van der Waals surface area contributed by atoms with E-state index in [2.05, 4.69) is 4.98 Å². The van der Waals surface area contributed by atoms with Gasteiger partial charge in [0.1, 0.15) is 11.4 Å². The van der Waals surface area contributed by atoms with Gasteiger partial charge in [-0.2, -0.15) is 0 Å². The van der Waals surface area contributed by atoms with Gasteiger partial charge in [-0.25, -0.2) is 4.90 Å². The zero-order valence-electron chi connectivity index (χ0n) is 10.0. The van der Waals surface area contributed by atoms with Gasteiger partial charge >= 0.3 is 0 Å². The lowest BCUT2D eigenvalue weighted by atomic mass is 10.2. The molecule has 1 aliphatic heterocycles. The molecule has 0 N–H and O–H groups in total. The Hall–Kier alpha value is -3.09. The number of benzene rings is 1. The predicted molar refractivity (Wildman–Crippen MR) is 68.5 cm³/mol. The monoisotopic (exact) mass is 269 g/mol. The van der Waals surface area contributed by atoms with Crippen molar-refractivity contribution in [3.63, 3.8) is 0 Å². The highest BCUT2D eigenvalue weighted by Crippen LogP contribution is 2.33. The smallest absolute Gasteiger partial charge is 0.268 e. The standard InChI is InChI=1S/C13H7N3O4/c17-12-8-4-3-7-14-11(8)13(18)15(12)9-5-1-2-6-10(9)16(19)20/h1-7H. The van der Waals surface area contributed by atoms with Crippen LogP contribution in [0.5, 0.6) is 0 Å². The molecule has 7 heteroatoms. The SMILES string of the molecule is O=C1c2cccnc2C(=O)N1c1ccccc1[N+](=O)[O-]. The van der Waals surface area contributed by atoms with E-state index < -0.39 is 16.7 Å². The first-order valence-corrected chi connectivity index (χ1v) is 5.68. The summed E-state index contributed by atoms with van der Waals surface area (Å²) in [6.07, 6.45) is 1.40. The molecule has 1 aromatic carbocycles. The summed E-state index contributed by atoms with van der Waals surface area (Å²) in [6, 6.07) is 8.60. The minimum Gasteiger partial charge on any atom is -0.268 e. The van der Waals surface area contributed by atoms with Crippen molar-refractivity contribution in [3.05, 3.63) is 64.0 Å². The van der Waals surface area contributed by atoms with Gasteiger partial charge in [-0.3, -0.25) is 24.7 Å². The van der Waals surface area contributed by atoms with Crippen LogP contribution in [0.3, 0.4) is 0 Å². The number of para-hydroxylation sites is 2. The number of carbonyl (C=O) groups excluding carboxylic acids is 2. The van der Waals surface area contributed by atoms with Crippen LogP contribution in [0.15, 0.2) is 42.6 Å². The Morgan fingerprint density at radius 3 is 2.50 bits per heavy atom. The van der Waals surface area contributed by atoms with Gasteiger partial charge < -0.3 is 0 Å². The molecule has 0 unspecified atom stereocenters. The Balaban J connectivity index is 2.17. The minimum absolute atomic E-state index is 0.00986. The molecule has 0 spiro atoms. The highest BCUT2D eigenvalue weighted by Gasteiger charge is 2.40. The van der Waals surface area contributed by atoms with Crippen molar-refractivity contribution < 1.29 is 14.5 Å². The number of hydrogen-bond donors (Lipinski definition) is 0. The summed E-state index contributed by atoms with van der Waals surface area (Å²) in [5.74, 6) is -1.26. The summed E-state index contributed by atoms with van der Waals surface area (Å²) >= 11 is 0. The molecule has 2 heterocycles.